The van der Waals surface area contributed by atoms with Crippen molar-refractivity contribution < 1.29 is 19.1 Å². The first-order chi connectivity index (χ1) is 10.0. The fraction of sp³-hybridized carbons (Fsp3) is 0.429. The zero-order valence-electron chi connectivity index (χ0n) is 12.1. The van der Waals surface area contributed by atoms with Gasteiger partial charge in [-0.3, -0.25) is 0 Å². The summed E-state index contributed by atoms with van der Waals surface area (Å²) in [4.78, 5) is 25.8. The number of hydrogen-bond donors (Lipinski definition) is 0. The second-order valence-electron chi connectivity index (χ2n) is 4.40. The first-order valence-electron chi connectivity index (χ1n) is 6.40. The van der Waals surface area contributed by atoms with Crippen molar-refractivity contribution in [3.05, 3.63) is 35.9 Å². The lowest BCUT2D eigenvalue weighted by Gasteiger charge is -2.21. The quantitative estimate of drug-likeness (QED) is 0.757. The molecule has 0 aliphatic rings. The minimum atomic E-state index is -0.531. The van der Waals surface area contributed by atoms with Crippen LogP contribution in [0.2, 0.25) is 0 Å². The molecule has 0 fully saturated rings. The largest absolute Gasteiger partial charge is 0.445 e. The molecule has 0 N–H and O–H groups in total. The molecule has 0 bridgehead atoms. The number of likely N-dealkylation sites (N-methyl/N-ethyl adjacent to an activating group) is 2. The van der Waals surface area contributed by atoms with Crippen molar-refractivity contribution in [3.8, 4) is 0 Å². The van der Waals surface area contributed by atoms with E-state index in [0.29, 0.717) is 13.1 Å². The van der Waals surface area contributed by atoms with E-state index in [1.54, 1.807) is 14.1 Å². The molecule has 0 spiro atoms. The SMILES string of the molecule is CN(CCN(C)C(=O)OCc1ccccc1)C(=O)OCCl. The number of alkyl halides is 1. The predicted molar refractivity (Wildman–Crippen MR) is 79.1 cm³/mol. The fourth-order valence-corrected chi connectivity index (χ4v) is 1.56. The van der Waals surface area contributed by atoms with Gasteiger partial charge in [0.25, 0.3) is 0 Å². The summed E-state index contributed by atoms with van der Waals surface area (Å²) in [5.74, 6) is 0. The van der Waals surface area contributed by atoms with Crippen LogP contribution in [0, 0.1) is 0 Å². The predicted octanol–water partition coefficient (Wildman–Crippen LogP) is 2.52. The Morgan fingerprint density at radius 3 is 2.05 bits per heavy atom. The highest BCUT2D eigenvalue weighted by Crippen LogP contribution is 2.02. The number of carbonyl (C=O) groups is 2. The molecule has 0 atom stereocenters. The first kappa shape index (κ1) is 17.1. The molecule has 2 amide bonds. The van der Waals surface area contributed by atoms with Crippen LogP contribution < -0.4 is 0 Å². The zero-order valence-corrected chi connectivity index (χ0v) is 12.9. The van der Waals surface area contributed by atoms with Crippen LogP contribution in [0.5, 0.6) is 0 Å². The van der Waals surface area contributed by atoms with Crippen molar-refractivity contribution in [2.75, 3.05) is 33.3 Å². The van der Waals surface area contributed by atoms with Crippen LogP contribution in [-0.4, -0.2) is 55.2 Å². The third-order valence-electron chi connectivity index (χ3n) is 2.78. The summed E-state index contributed by atoms with van der Waals surface area (Å²) >= 11 is 5.30. The zero-order chi connectivity index (χ0) is 15.7. The Morgan fingerprint density at radius 2 is 1.52 bits per heavy atom. The average Bonchev–Trinajstić information content (AvgIpc) is 2.51. The van der Waals surface area contributed by atoms with Crippen LogP contribution in [0.3, 0.4) is 0 Å². The van der Waals surface area contributed by atoms with Gasteiger partial charge in [0.1, 0.15) is 6.61 Å². The maximum atomic E-state index is 11.8. The van der Waals surface area contributed by atoms with Crippen LogP contribution in [0.15, 0.2) is 30.3 Å². The first-order valence-corrected chi connectivity index (χ1v) is 6.93. The van der Waals surface area contributed by atoms with Crippen molar-refractivity contribution in [2.45, 2.75) is 6.61 Å². The van der Waals surface area contributed by atoms with Gasteiger partial charge in [-0.05, 0) is 5.56 Å². The summed E-state index contributed by atoms with van der Waals surface area (Å²) in [7, 11) is 3.17. The molecule has 21 heavy (non-hydrogen) atoms. The number of ether oxygens (including phenoxy) is 2. The summed E-state index contributed by atoms with van der Waals surface area (Å²) in [6.45, 7) is 0.877. The number of halogens is 1. The van der Waals surface area contributed by atoms with Crippen LogP contribution in [-0.2, 0) is 16.1 Å². The van der Waals surface area contributed by atoms with E-state index in [9.17, 15) is 9.59 Å². The molecule has 6 nitrogen and oxygen atoms in total. The number of carbonyl (C=O) groups excluding carboxylic acids is 2. The van der Waals surface area contributed by atoms with Gasteiger partial charge in [0.2, 0.25) is 0 Å². The Labute approximate surface area is 129 Å². The molecule has 0 heterocycles. The lowest BCUT2D eigenvalue weighted by Crippen LogP contribution is -2.37. The van der Waals surface area contributed by atoms with Gasteiger partial charge >= 0.3 is 12.2 Å². The van der Waals surface area contributed by atoms with E-state index in [4.69, 9.17) is 16.3 Å². The van der Waals surface area contributed by atoms with Crippen LogP contribution >= 0.6 is 11.6 Å². The molecule has 0 aliphatic heterocycles. The molecule has 0 aliphatic carbocycles. The summed E-state index contributed by atoms with van der Waals surface area (Å²) in [5.41, 5.74) is 0.919. The Kier molecular flexibility index (Phi) is 7.39. The average molecular weight is 315 g/mol. The van der Waals surface area contributed by atoms with Gasteiger partial charge in [-0.2, -0.15) is 0 Å². The molecule has 0 unspecified atom stereocenters. The Balaban J connectivity index is 2.29. The minimum absolute atomic E-state index is 0.196. The van der Waals surface area contributed by atoms with E-state index in [1.165, 1.54) is 9.80 Å². The lowest BCUT2D eigenvalue weighted by atomic mass is 10.2. The smallest absolute Gasteiger partial charge is 0.410 e. The Hall–Kier alpha value is -1.95. The van der Waals surface area contributed by atoms with Crippen molar-refractivity contribution >= 4 is 23.8 Å². The second-order valence-corrected chi connectivity index (χ2v) is 4.62. The van der Waals surface area contributed by atoms with Gasteiger partial charge in [-0.25, -0.2) is 9.59 Å². The van der Waals surface area contributed by atoms with E-state index < -0.39 is 12.2 Å². The number of hydrogen-bond acceptors (Lipinski definition) is 4. The highest BCUT2D eigenvalue weighted by Gasteiger charge is 2.14. The van der Waals surface area contributed by atoms with E-state index in [2.05, 4.69) is 4.74 Å². The van der Waals surface area contributed by atoms with Gasteiger partial charge < -0.3 is 19.3 Å². The molecule has 0 aromatic heterocycles. The number of amides is 2. The number of benzene rings is 1. The second kappa shape index (κ2) is 9.07. The van der Waals surface area contributed by atoms with Crippen molar-refractivity contribution in [1.29, 1.82) is 0 Å². The van der Waals surface area contributed by atoms with Crippen molar-refractivity contribution in [1.82, 2.24) is 9.80 Å². The summed E-state index contributed by atoms with van der Waals surface area (Å²) in [6, 6.07) is 9.21. The van der Waals surface area contributed by atoms with Crippen LogP contribution in [0.25, 0.3) is 0 Å². The summed E-state index contributed by atoms with van der Waals surface area (Å²) < 4.78 is 9.78. The Morgan fingerprint density at radius 1 is 1.00 bits per heavy atom. The number of rotatable bonds is 6. The highest BCUT2D eigenvalue weighted by molar-refractivity contribution is 6.17. The van der Waals surface area contributed by atoms with E-state index >= 15 is 0 Å². The maximum absolute atomic E-state index is 11.8. The summed E-state index contributed by atoms with van der Waals surface area (Å²) in [5, 5.41) is 0. The molecule has 0 radical (unpaired) electrons. The van der Waals surface area contributed by atoms with Crippen LogP contribution in [0.1, 0.15) is 5.56 Å². The minimum Gasteiger partial charge on any atom is -0.445 e. The third-order valence-corrected chi connectivity index (χ3v) is 2.89. The van der Waals surface area contributed by atoms with Gasteiger partial charge in [0, 0.05) is 27.2 Å². The molecular formula is C14H19ClN2O4. The number of nitrogens with zero attached hydrogens (tertiary/aromatic N) is 2. The monoisotopic (exact) mass is 314 g/mol. The molecule has 1 aromatic rings. The van der Waals surface area contributed by atoms with Gasteiger partial charge in [0.15, 0.2) is 6.07 Å². The topological polar surface area (TPSA) is 59.1 Å². The van der Waals surface area contributed by atoms with E-state index in [1.807, 2.05) is 30.3 Å². The fourth-order valence-electron chi connectivity index (χ4n) is 1.47. The molecular weight excluding hydrogens is 296 g/mol. The van der Waals surface area contributed by atoms with Crippen LogP contribution in [0.4, 0.5) is 9.59 Å². The Bertz CT molecular complexity index is 456. The van der Waals surface area contributed by atoms with Gasteiger partial charge in [-0.1, -0.05) is 41.9 Å². The molecule has 0 saturated heterocycles. The third kappa shape index (κ3) is 6.35. The van der Waals surface area contributed by atoms with E-state index in [0.717, 1.165) is 5.56 Å². The summed E-state index contributed by atoms with van der Waals surface area (Å²) in [6.07, 6.45) is -0.978. The lowest BCUT2D eigenvalue weighted by molar-refractivity contribution is 0.0965. The normalized spacial score (nSPS) is 9.86. The maximum Gasteiger partial charge on any atom is 0.410 e. The van der Waals surface area contributed by atoms with Gasteiger partial charge in [-0.15, -0.1) is 0 Å². The van der Waals surface area contributed by atoms with Crippen molar-refractivity contribution in [3.63, 3.8) is 0 Å². The standard InChI is InChI=1S/C14H19ClN2O4/c1-16(8-9-17(2)14(19)21-11-15)13(18)20-10-12-6-4-3-5-7-12/h3-7H,8-11H2,1-2H3. The molecule has 1 rings (SSSR count). The molecule has 116 valence electrons. The highest BCUT2D eigenvalue weighted by atomic mass is 35.5. The molecule has 7 heteroatoms. The van der Waals surface area contributed by atoms with E-state index in [-0.39, 0.29) is 12.7 Å². The van der Waals surface area contributed by atoms with Gasteiger partial charge in [0.05, 0.1) is 0 Å². The molecule has 1 aromatic carbocycles. The van der Waals surface area contributed by atoms with Crippen molar-refractivity contribution in [2.24, 2.45) is 0 Å². The molecule has 0 saturated carbocycles.